The van der Waals surface area contributed by atoms with Gasteiger partial charge in [-0.25, -0.2) is 9.59 Å². The fourth-order valence-corrected chi connectivity index (χ4v) is 10.1. The monoisotopic (exact) mass is 1430 g/mol. The van der Waals surface area contributed by atoms with E-state index >= 15 is 14.4 Å². The van der Waals surface area contributed by atoms with Gasteiger partial charge in [-0.1, -0.05) is 106 Å². The molecule has 13 amide bonds. The molecule has 2 rings (SSSR count). The molecule has 0 aliphatic carbocycles. The van der Waals surface area contributed by atoms with Crippen molar-refractivity contribution in [3.63, 3.8) is 0 Å². The number of carbonyl (C=O) groups excluding carboxylic acids is 14. The van der Waals surface area contributed by atoms with Gasteiger partial charge in [0.1, 0.15) is 60.0 Å². The lowest BCUT2D eigenvalue weighted by Gasteiger charge is -2.34. The van der Waals surface area contributed by atoms with Gasteiger partial charge in [-0.3, -0.25) is 62.9 Å². The van der Waals surface area contributed by atoms with Crippen LogP contribution in [0, 0.1) is 35.0 Å². The highest BCUT2D eigenvalue weighted by Crippen LogP contribution is 2.25. The summed E-state index contributed by atoms with van der Waals surface area (Å²) < 4.78 is 11.4. The minimum Gasteiger partial charge on any atom is -0.453 e. The van der Waals surface area contributed by atoms with Crippen molar-refractivity contribution in [1.82, 2.24) is 69.1 Å². The van der Waals surface area contributed by atoms with E-state index in [0.717, 1.165) is 6.92 Å². The molecule has 101 heavy (non-hydrogen) atoms. The number of aliphatic hydroxyl groups excluding tert-OH is 4. The number of guanidine groups is 1. The minimum atomic E-state index is -2.69. The number of rotatable bonds is 26. The molecule has 1 saturated heterocycles. The van der Waals surface area contributed by atoms with Crippen molar-refractivity contribution in [2.45, 2.75) is 226 Å². The Kier molecular flexibility index (Phi) is 36.6. The molecule has 1 aromatic rings. The Morgan fingerprint density at radius 3 is 1.69 bits per heavy atom. The maximum atomic E-state index is 15.6. The third kappa shape index (κ3) is 30.6. The average molecular weight is 1430 g/mol. The van der Waals surface area contributed by atoms with Gasteiger partial charge < -0.3 is 110 Å². The van der Waals surface area contributed by atoms with Gasteiger partial charge in [0.15, 0.2) is 24.2 Å². The van der Waals surface area contributed by atoms with E-state index in [1.54, 1.807) is 76.2 Å². The van der Waals surface area contributed by atoms with Gasteiger partial charge in [0, 0.05) is 6.54 Å². The number of amides is 13. The smallest absolute Gasteiger partial charge is 0.408 e. The van der Waals surface area contributed by atoms with Crippen LogP contribution in [0.2, 0.25) is 0 Å². The molecule has 36 heteroatoms. The van der Waals surface area contributed by atoms with Gasteiger partial charge in [-0.2, -0.15) is 0 Å². The second-order valence-electron chi connectivity index (χ2n) is 27.5. The third-order valence-electron chi connectivity index (χ3n) is 15.6. The van der Waals surface area contributed by atoms with Crippen molar-refractivity contribution >= 4 is 88.9 Å². The molecular formula is C65H108N16O20. The molecule has 0 radical (unpaired) electrons. The third-order valence-corrected chi connectivity index (χ3v) is 15.6. The number of aliphatic hydroxyl groups is 4. The van der Waals surface area contributed by atoms with Crippen LogP contribution in [0.15, 0.2) is 30.3 Å². The second kappa shape index (κ2) is 42.1. The zero-order chi connectivity index (χ0) is 76.9. The number of hydrogen-bond acceptors (Lipinski definition) is 21. The Morgan fingerprint density at radius 1 is 0.634 bits per heavy atom. The number of carbonyl (C=O) groups is 14. The maximum Gasteiger partial charge on any atom is 0.408 e. The van der Waals surface area contributed by atoms with E-state index in [4.69, 9.17) is 26.4 Å². The lowest BCUT2D eigenvalue weighted by Crippen LogP contribution is -2.64. The largest absolute Gasteiger partial charge is 0.453 e. The molecule has 0 aromatic heterocycles. The number of nitrogens with two attached hydrogens (primary N) is 2. The normalized spacial score (nSPS) is 23.3. The van der Waals surface area contributed by atoms with Crippen molar-refractivity contribution in [2.75, 3.05) is 26.2 Å². The molecule has 0 spiro atoms. The first-order chi connectivity index (χ1) is 47.0. The first-order valence-electron chi connectivity index (χ1n) is 33.6. The van der Waals surface area contributed by atoms with Crippen molar-refractivity contribution in [1.29, 1.82) is 5.41 Å². The standard InChI is InChI=1S/C65H108N16O20/c1-15-34(10)44-57(93)79-45(35(11)83)56(92)71-28-43(85)77-47(50(87)61(97)70-27-42(66)84)59(95)75-41(29-82)62(98)100-51(36-20-17-16-18-21-36)48(81-55(91)39(25-31(4)5)73-54(90)40(26-32(6)7)76-64(99)101-65(12,13)14)60(96)80-46(49(86)33(8)9)58(94)74-38(24-30(2)3)53(89)72-37(52(88)78-44)22-19-23-69-63(67)68/h16-18,20-21,30-35,37-41,44-51,82-83,86-87H,15,19,22-29H2,1-14H3,(H2,66,84)(H,70,97)(H,71,92)(H,72,89)(H,73,90)(H,74,94)(H,75,95)(H,76,99)(H,77,85)(H,78,88)(H,79,93)(H,80,96)(H,81,91)(H4,67,68,69)/t34-,35-,37+,38-,39-,40+,41-,44-,45-,46-,47-,48-,49+,50-,51+/m0/s1. The Hall–Kier alpha value is -9.29. The second-order valence-corrected chi connectivity index (χ2v) is 27.5. The Bertz CT molecular complexity index is 3020. The average Bonchev–Trinajstić information content (AvgIpc) is 0.815. The van der Waals surface area contributed by atoms with Gasteiger partial charge in [0.05, 0.1) is 31.9 Å². The number of esters is 1. The highest BCUT2D eigenvalue weighted by atomic mass is 16.6. The highest BCUT2D eigenvalue weighted by molar-refractivity contribution is 6.01. The van der Waals surface area contributed by atoms with Crippen LogP contribution in [0.5, 0.6) is 0 Å². The molecule has 36 nitrogen and oxygen atoms in total. The van der Waals surface area contributed by atoms with E-state index in [1.165, 1.54) is 44.2 Å². The van der Waals surface area contributed by atoms with Gasteiger partial charge in [-0.15, -0.1) is 0 Å². The van der Waals surface area contributed by atoms with Crippen molar-refractivity contribution in [3.8, 4) is 0 Å². The molecule has 1 aliphatic rings. The number of alkyl carbamates (subject to hydrolysis) is 1. The van der Waals surface area contributed by atoms with Gasteiger partial charge in [0.25, 0.3) is 5.91 Å². The SMILES string of the molecule is CC[C@H](C)[C@@H]1NC(=O)[C@@H](CCCNC(=N)N)NC(=O)[C@H](CC(C)C)NC(=O)[C@H]([C@H](O)C(C)C)NC(=O)[C@@H](NC(=O)[C@H](CC(C)C)NC(=O)[C@@H](CC(C)C)NC(=O)OC(C)(C)C)[C@@H](c2ccccc2)OC(=O)[C@H](CO)NC(=O)[C@H]([C@H](O)C(=O)NCC(N)=O)NC(=O)CNC(=O)[C@H]([C@H](C)O)NC1=O. The molecule has 568 valence electrons. The molecule has 0 saturated carbocycles. The Balaban J connectivity index is 3.22. The van der Waals surface area contributed by atoms with E-state index in [9.17, 15) is 73.2 Å². The van der Waals surface area contributed by atoms with E-state index in [-0.39, 0.29) is 56.6 Å². The van der Waals surface area contributed by atoms with E-state index in [1.807, 2.05) is 16.0 Å². The lowest BCUT2D eigenvalue weighted by molar-refractivity contribution is -0.159. The fraction of sp³-hybridized carbons (Fsp3) is 0.677. The Labute approximate surface area is 587 Å². The van der Waals surface area contributed by atoms with Crippen LogP contribution in [0.1, 0.15) is 147 Å². The van der Waals surface area contributed by atoms with E-state index in [2.05, 4.69) is 53.2 Å². The van der Waals surface area contributed by atoms with E-state index in [0.29, 0.717) is 0 Å². The quantitative estimate of drug-likeness (QED) is 0.0180. The van der Waals surface area contributed by atoms with Gasteiger partial charge in [0.2, 0.25) is 65.0 Å². The molecular weight excluding hydrogens is 1320 g/mol. The summed E-state index contributed by atoms with van der Waals surface area (Å²) in [6.07, 6.45) is -9.74. The van der Waals surface area contributed by atoms with Crippen molar-refractivity contribution in [2.24, 2.45) is 41.1 Å². The number of cyclic esters (lactones) is 1. The molecule has 0 unspecified atom stereocenters. The summed E-state index contributed by atoms with van der Waals surface area (Å²) >= 11 is 0. The van der Waals surface area contributed by atoms with Crippen molar-refractivity contribution in [3.05, 3.63) is 35.9 Å². The van der Waals surface area contributed by atoms with Gasteiger partial charge in [-0.05, 0) is 95.0 Å². The number of ether oxygens (including phenoxy) is 2. The highest BCUT2D eigenvalue weighted by Gasteiger charge is 2.44. The summed E-state index contributed by atoms with van der Waals surface area (Å²) in [5, 5.41) is 83.6. The summed E-state index contributed by atoms with van der Waals surface area (Å²) in [7, 11) is 0. The van der Waals surface area contributed by atoms with Crippen LogP contribution in [0.25, 0.3) is 0 Å². The molecule has 15 atom stereocenters. The topological polar surface area (TPSA) is 571 Å². The first-order valence-corrected chi connectivity index (χ1v) is 33.6. The lowest BCUT2D eigenvalue weighted by atomic mass is 9.95. The van der Waals surface area contributed by atoms with Crippen molar-refractivity contribution < 1.29 is 97.0 Å². The van der Waals surface area contributed by atoms with Crippen LogP contribution >= 0.6 is 0 Å². The van der Waals surface area contributed by atoms with Crippen LogP contribution in [-0.4, -0.2) is 220 Å². The van der Waals surface area contributed by atoms with Crippen LogP contribution in [-0.2, 0) is 71.8 Å². The molecule has 1 heterocycles. The summed E-state index contributed by atoms with van der Waals surface area (Å²) in [5.41, 5.74) is 9.55. The van der Waals surface area contributed by atoms with Crippen LogP contribution in [0.3, 0.4) is 0 Å². The summed E-state index contributed by atoms with van der Waals surface area (Å²) in [6.45, 7) is 18.8. The fourth-order valence-electron chi connectivity index (χ4n) is 10.1. The zero-order valence-electron chi connectivity index (χ0n) is 59.9. The minimum absolute atomic E-state index is 0.0122. The number of primary amides is 1. The Morgan fingerprint density at radius 2 is 1.17 bits per heavy atom. The maximum absolute atomic E-state index is 15.6. The predicted molar refractivity (Wildman–Crippen MR) is 364 cm³/mol. The molecule has 0 bridgehead atoms. The number of nitrogens with one attached hydrogen (secondary N) is 14. The number of hydrogen-bond donors (Lipinski definition) is 20. The molecule has 22 N–H and O–H groups in total. The zero-order valence-corrected chi connectivity index (χ0v) is 59.9. The van der Waals surface area contributed by atoms with Crippen LogP contribution < -0.4 is 80.6 Å². The molecule has 1 aromatic carbocycles. The van der Waals surface area contributed by atoms with E-state index < -0.39 is 223 Å². The van der Waals surface area contributed by atoms with Gasteiger partial charge >= 0.3 is 12.1 Å². The predicted octanol–water partition coefficient (Wildman–Crippen LogP) is -4.54. The summed E-state index contributed by atoms with van der Waals surface area (Å²) in [6, 6.07) is -11.9. The number of benzene rings is 1. The molecule has 1 aliphatic heterocycles. The van der Waals surface area contributed by atoms with Crippen LogP contribution in [0.4, 0.5) is 4.79 Å². The first kappa shape index (κ1) is 87.8. The summed E-state index contributed by atoms with van der Waals surface area (Å²) in [5.74, 6) is -19.5. The molecule has 1 fully saturated rings. The summed E-state index contributed by atoms with van der Waals surface area (Å²) in [4.78, 5) is 199.